The fourth-order valence-corrected chi connectivity index (χ4v) is 4.77. The van der Waals surface area contributed by atoms with Crippen molar-refractivity contribution in [2.45, 2.75) is 65.8 Å². The van der Waals surface area contributed by atoms with Gasteiger partial charge in [0.1, 0.15) is 11.8 Å². The standard InChI is InChI=1S/C29H38N2O4/c1-7-34-27(33)25(16-20-17-30-24-11-9-8-10-23(20)24)31-26(32)18-35-22-14-12-21(13-15-22)29(5,6)19-28(2,3)4/h8-15,17,25,30H,7,16,18-19H2,1-6H3,(H,31,32). The summed E-state index contributed by atoms with van der Waals surface area (Å²) >= 11 is 0. The number of aromatic nitrogens is 1. The van der Waals surface area contributed by atoms with Gasteiger partial charge in [-0.05, 0) is 53.5 Å². The van der Waals surface area contributed by atoms with E-state index in [1.165, 1.54) is 5.56 Å². The lowest BCUT2D eigenvalue weighted by Crippen LogP contribution is -2.45. The van der Waals surface area contributed by atoms with Crippen LogP contribution < -0.4 is 10.1 Å². The third kappa shape index (κ3) is 7.35. The zero-order valence-corrected chi connectivity index (χ0v) is 21.7. The molecule has 6 heteroatoms. The first kappa shape index (κ1) is 26.3. The van der Waals surface area contributed by atoms with Gasteiger partial charge in [0.25, 0.3) is 5.91 Å². The van der Waals surface area contributed by atoms with E-state index in [0.717, 1.165) is 22.9 Å². The number of carbonyl (C=O) groups excluding carboxylic acids is 2. The van der Waals surface area contributed by atoms with Crippen molar-refractivity contribution < 1.29 is 19.1 Å². The van der Waals surface area contributed by atoms with E-state index in [1.807, 2.05) is 42.6 Å². The van der Waals surface area contributed by atoms with Crippen LogP contribution in [0.5, 0.6) is 5.75 Å². The largest absolute Gasteiger partial charge is 0.484 e. The Morgan fingerprint density at radius 2 is 1.69 bits per heavy atom. The summed E-state index contributed by atoms with van der Waals surface area (Å²) in [5.41, 5.74) is 3.40. The number of para-hydroxylation sites is 1. The Bertz CT molecular complexity index is 1140. The highest BCUT2D eigenvalue weighted by Gasteiger charge is 2.27. The lowest BCUT2D eigenvalue weighted by atomic mass is 9.72. The lowest BCUT2D eigenvalue weighted by Gasteiger charge is -2.33. The first-order valence-corrected chi connectivity index (χ1v) is 12.2. The Balaban J connectivity index is 1.62. The molecule has 2 aromatic carbocycles. The Kier molecular flexibility index (Phi) is 8.26. The number of ether oxygens (including phenoxy) is 2. The minimum Gasteiger partial charge on any atom is -0.484 e. The summed E-state index contributed by atoms with van der Waals surface area (Å²) in [7, 11) is 0. The van der Waals surface area contributed by atoms with E-state index in [2.05, 4.69) is 57.1 Å². The summed E-state index contributed by atoms with van der Waals surface area (Å²) in [5, 5.41) is 3.80. The molecular formula is C29H38N2O4. The summed E-state index contributed by atoms with van der Waals surface area (Å²) in [6.45, 7) is 13.0. The molecule has 3 aromatic rings. The molecule has 0 aliphatic heterocycles. The number of H-pyrrole nitrogens is 1. The molecule has 0 aliphatic carbocycles. The van der Waals surface area contributed by atoms with E-state index in [1.54, 1.807) is 6.92 Å². The normalized spacial score (nSPS) is 12.9. The van der Waals surface area contributed by atoms with Gasteiger partial charge in [-0.1, -0.05) is 65.0 Å². The number of benzene rings is 2. The fourth-order valence-electron chi connectivity index (χ4n) is 4.77. The van der Waals surface area contributed by atoms with Gasteiger partial charge in [0.05, 0.1) is 6.61 Å². The molecule has 1 heterocycles. The highest BCUT2D eigenvalue weighted by molar-refractivity contribution is 5.87. The van der Waals surface area contributed by atoms with Crippen LogP contribution in [0.3, 0.4) is 0 Å². The third-order valence-corrected chi connectivity index (χ3v) is 5.98. The van der Waals surface area contributed by atoms with Crippen LogP contribution in [0.4, 0.5) is 0 Å². The monoisotopic (exact) mass is 478 g/mol. The maximum atomic E-state index is 12.7. The van der Waals surface area contributed by atoms with Crippen molar-refractivity contribution in [1.82, 2.24) is 10.3 Å². The maximum absolute atomic E-state index is 12.7. The number of esters is 1. The SMILES string of the molecule is CCOC(=O)C(Cc1c[nH]c2ccccc12)NC(=O)COc1ccc(C(C)(C)CC(C)(C)C)cc1. The number of rotatable bonds is 10. The Morgan fingerprint density at radius 1 is 1.00 bits per heavy atom. The van der Waals surface area contributed by atoms with Gasteiger partial charge in [-0.3, -0.25) is 4.79 Å². The van der Waals surface area contributed by atoms with E-state index in [9.17, 15) is 9.59 Å². The van der Waals surface area contributed by atoms with Crippen molar-refractivity contribution in [3.8, 4) is 5.75 Å². The second-order valence-electron chi connectivity index (χ2n) is 10.9. The van der Waals surface area contributed by atoms with Crippen LogP contribution >= 0.6 is 0 Å². The van der Waals surface area contributed by atoms with Crippen LogP contribution in [0.15, 0.2) is 54.7 Å². The predicted octanol–water partition coefficient (Wildman–Crippen LogP) is 5.55. The zero-order chi connectivity index (χ0) is 25.6. The quantitative estimate of drug-likeness (QED) is 0.374. The lowest BCUT2D eigenvalue weighted by molar-refractivity contribution is -0.147. The van der Waals surface area contributed by atoms with Crippen molar-refractivity contribution in [2.75, 3.05) is 13.2 Å². The molecule has 0 saturated heterocycles. The molecule has 1 amide bonds. The Hall–Kier alpha value is -3.28. The number of nitrogens with one attached hydrogen (secondary N) is 2. The zero-order valence-electron chi connectivity index (χ0n) is 21.7. The number of hydrogen-bond donors (Lipinski definition) is 2. The second-order valence-corrected chi connectivity index (χ2v) is 10.9. The van der Waals surface area contributed by atoms with Gasteiger partial charge in [-0.25, -0.2) is 4.79 Å². The van der Waals surface area contributed by atoms with Crippen LogP contribution in [0.2, 0.25) is 0 Å². The first-order valence-electron chi connectivity index (χ1n) is 12.2. The summed E-state index contributed by atoms with van der Waals surface area (Å²) < 4.78 is 10.9. The number of carbonyl (C=O) groups is 2. The van der Waals surface area contributed by atoms with Gasteiger partial charge in [-0.2, -0.15) is 0 Å². The third-order valence-electron chi connectivity index (χ3n) is 5.98. The molecule has 6 nitrogen and oxygen atoms in total. The molecule has 0 radical (unpaired) electrons. The van der Waals surface area contributed by atoms with Crippen molar-refractivity contribution in [1.29, 1.82) is 0 Å². The van der Waals surface area contributed by atoms with Gasteiger partial charge in [0, 0.05) is 23.5 Å². The predicted molar refractivity (Wildman–Crippen MR) is 140 cm³/mol. The second kappa shape index (κ2) is 11.0. The first-order chi connectivity index (χ1) is 16.5. The molecule has 0 spiro atoms. The molecule has 3 rings (SSSR count). The maximum Gasteiger partial charge on any atom is 0.328 e. The van der Waals surface area contributed by atoms with Crippen LogP contribution in [-0.4, -0.2) is 36.1 Å². The topological polar surface area (TPSA) is 80.4 Å². The molecule has 0 bridgehead atoms. The van der Waals surface area contributed by atoms with Gasteiger partial charge < -0.3 is 19.8 Å². The highest BCUT2D eigenvalue weighted by Crippen LogP contribution is 2.36. The molecular weight excluding hydrogens is 440 g/mol. The molecule has 1 unspecified atom stereocenters. The van der Waals surface area contributed by atoms with Crippen molar-refractivity contribution in [2.24, 2.45) is 5.41 Å². The van der Waals surface area contributed by atoms with Gasteiger partial charge >= 0.3 is 5.97 Å². The molecule has 0 aliphatic rings. The molecule has 2 N–H and O–H groups in total. The molecule has 1 atom stereocenters. The molecule has 0 saturated carbocycles. The van der Waals surface area contributed by atoms with Crippen LogP contribution in [-0.2, 0) is 26.2 Å². The number of fused-ring (bicyclic) bond motifs is 1. The number of aromatic amines is 1. The van der Waals surface area contributed by atoms with Gasteiger partial charge in [0.2, 0.25) is 0 Å². The summed E-state index contributed by atoms with van der Waals surface area (Å²) in [5.74, 6) is -0.226. The molecule has 1 aromatic heterocycles. The summed E-state index contributed by atoms with van der Waals surface area (Å²) in [4.78, 5) is 28.4. The molecule has 188 valence electrons. The van der Waals surface area contributed by atoms with Gasteiger partial charge in [0.15, 0.2) is 6.61 Å². The van der Waals surface area contributed by atoms with E-state index in [0.29, 0.717) is 12.2 Å². The number of amides is 1. The fraction of sp³-hybridized carbons (Fsp3) is 0.448. The smallest absolute Gasteiger partial charge is 0.328 e. The highest BCUT2D eigenvalue weighted by atomic mass is 16.5. The average Bonchev–Trinajstić information content (AvgIpc) is 3.19. The van der Waals surface area contributed by atoms with Crippen LogP contribution in [0.25, 0.3) is 10.9 Å². The van der Waals surface area contributed by atoms with E-state index in [4.69, 9.17) is 9.47 Å². The van der Waals surface area contributed by atoms with Crippen LogP contribution in [0.1, 0.15) is 59.1 Å². The Labute approximate surface area is 208 Å². The van der Waals surface area contributed by atoms with E-state index < -0.39 is 12.0 Å². The molecule has 35 heavy (non-hydrogen) atoms. The minimum atomic E-state index is -0.800. The van der Waals surface area contributed by atoms with E-state index >= 15 is 0 Å². The van der Waals surface area contributed by atoms with Crippen molar-refractivity contribution in [3.63, 3.8) is 0 Å². The molecule has 0 fully saturated rings. The van der Waals surface area contributed by atoms with Gasteiger partial charge in [-0.15, -0.1) is 0 Å². The summed E-state index contributed by atoms with van der Waals surface area (Å²) in [6, 6.07) is 14.9. The van der Waals surface area contributed by atoms with E-state index in [-0.39, 0.29) is 30.0 Å². The van der Waals surface area contributed by atoms with Crippen LogP contribution in [0, 0.1) is 5.41 Å². The number of hydrogen-bond acceptors (Lipinski definition) is 4. The van der Waals surface area contributed by atoms with Crippen molar-refractivity contribution in [3.05, 3.63) is 65.9 Å². The average molecular weight is 479 g/mol. The summed E-state index contributed by atoms with van der Waals surface area (Å²) in [6.07, 6.45) is 3.24. The Morgan fingerprint density at radius 3 is 2.34 bits per heavy atom. The van der Waals surface area contributed by atoms with Crippen molar-refractivity contribution >= 4 is 22.8 Å². The minimum absolute atomic E-state index is 0.0312.